The van der Waals surface area contributed by atoms with Gasteiger partial charge >= 0.3 is 5.97 Å². The van der Waals surface area contributed by atoms with Crippen LogP contribution in [-0.2, 0) is 9.59 Å². The largest absolute Gasteiger partial charge is 0.481 e. The minimum absolute atomic E-state index is 0.418. The number of ether oxygens (including phenoxy) is 1. The topological polar surface area (TPSA) is 75.6 Å². The monoisotopic (exact) mass is 265 g/mol. The smallest absolute Gasteiger partial charge is 0.325 e. The van der Waals surface area contributed by atoms with Crippen molar-refractivity contribution in [2.24, 2.45) is 0 Å². The van der Waals surface area contributed by atoms with Gasteiger partial charge < -0.3 is 15.2 Å². The lowest BCUT2D eigenvalue weighted by atomic mass is 10.2. The maximum absolute atomic E-state index is 11.9. The molecular weight excluding hydrogens is 246 g/mol. The lowest BCUT2D eigenvalue weighted by Crippen LogP contribution is -2.45. The second kappa shape index (κ2) is 6.78. The first-order valence-corrected chi connectivity index (χ1v) is 6.20. The Morgan fingerprint density at radius 3 is 2.63 bits per heavy atom. The Hall–Kier alpha value is -2.04. The molecule has 19 heavy (non-hydrogen) atoms. The van der Waals surface area contributed by atoms with Crippen LogP contribution in [0.5, 0.6) is 5.75 Å². The Morgan fingerprint density at radius 2 is 2.11 bits per heavy atom. The summed E-state index contributed by atoms with van der Waals surface area (Å²) in [5, 5.41) is 11.2. The fourth-order valence-corrected chi connectivity index (χ4v) is 1.54. The summed E-state index contributed by atoms with van der Waals surface area (Å²) in [5.41, 5.74) is 1.03. The van der Waals surface area contributed by atoms with E-state index < -0.39 is 24.0 Å². The van der Waals surface area contributed by atoms with Gasteiger partial charge in [0.2, 0.25) is 0 Å². The highest BCUT2D eigenvalue weighted by atomic mass is 16.5. The molecule has 1 amide bonds. The predicted molar refractivity (Wildman–Crippen MR) is 71.1 cm³/mol. The van der Waals surface area contributed by atoms with Crippen LogP contribution >= 0.6 is 0 Å². The van der Waals surface area contributed by atoms with Crippen molar-refractivity contribution in [2.45, 2.75) is 39.3 Å². The molecular formula is C14H19NO4. The number of amides is 1. The van der Waals surface area contributed by atoms with Crippen LogP contribution in [0.25, 0.3) is 0 Å². The van der Waals surface area contributed by atoms with E-state index in [0.717, 1.165) is 5.56 Å². The molecule has 0 spiro atoms. The Morgan fingerprint density at radius 1 is 1.42 bits per heavy atom. The van der Waals surface area contributed by atoms with Gasteiger partial charge in [0.25, 0.3) is 5.91 Å². The number of carbonyl (C=O) groups excluding carboxylic acids is 1. The fraction of sp³-hybridized carbons (Fsp3) is 0.429. The number of rotatable bonds is 6. The molecule has 1 unspecified atom stereocenters. The number of hydrogen-bond donors (Lipinski definition) is 2. The standard InChI is InChI=1S/C14H19NO4/c1-4-12(13(16)15-10(3)14(17)18)19-11-7-5-6-9(2)8-11/h5-8,10,12H,4H2,1-3H3,(H,15,16)(H,17,18)/t10-,12?/m1/s1. The van der Waals surface area contributed by atoms with Gasteiger partial charge in [-0.25, -0.2) is 0 Å². The Balaban J connectivity index is 2.67. The molecule has 5 heteroatoms. The van der Waals surface area contributed by atoms with Crippen LogP contribution in [0.1, 0.15) is 25.8 Å². The van der Waals surface area contributed by atoms with Crippen LogP contribution in [0.2, 0.25) is 0 Å². The average Bonchev–Trinajstić information content (AvgIpc) is 2.35. The molecule has 2 atom stereocenters. The molecule has 0 aliphatic rings. The van der Waals surface area contributed by atoms with Gasteiger partial charge in [-0.15, -0.1) is 0 Å². The van der Waals surface area contributed by atoms with Crippen molar-refractivity contribution in [1.82, 2.24) is 5.32 Å². The van der Waals surface area contributed by atoms with Gasteiger partial charge in [0.15, 0.2) is 6.10 Å². The fourth-order valence-electron chi connectivity index (χ4n) is 1.54. The van der Waals surface area contributed by atoms with E-state index in [1.165, 1.54) is 6.92 Å². The number of benzene rings is 1. The maximum atomic E-state index is 11.9. The molecule has 0 saturated heterocycles. The number of carboxylic acid groups (broad SMARTS) is 1. The summed E-state index contributed by atoms with van der Waals surface area (Å²) in [6.07, 6.45) is -0.227. The zero-order valence-electron chi connectivity index (χ0n) is 11.3. The second-order valence-electron chi connectivity index (χ2n) is 4.40. The van der Waals surface area contributed by atoms with Gasteiger partial charge in [0.1, 0.15) is 11.8 Å². The molecule has 2 N–H and O–H groups in total. The van der Waals surface area contributed by atoms with Gasteiger partial charge in [0, 0.05) is 0 Å². The van der Waals surface area contributed by atoms with Crippen molar-refractivity contribution in [3.63, 3.8) is 0 Å². The summed E-state index contributed by atoms with van der Waals surface area (Å²) in [7, 11) is 0. The summed E-state index contributed by atoms with van der Waals surface area (Å²) in [4.78, 5) is 22.6. The summed E-state index contributed by atoms with van der Waals surface area (Å²) in [6.45, 7) is 5.16. The third kappa shape index (κ3) is 4.62. The molecule has 0 aliphatic heterocycles. The minimum atomic E-state index is -1.07. The average molecular weight is 265 g/mol. The van der Waals surface area contributed by atoms with E-state index in [1.54, 1.807) is 6.07 Å². The number of carboxylic acids is 1. The van der Waals surface area contributed by atoms with Crippen LogP contribution < -0.4 is 10.1 Å². The lowest BCUT2D eigenvalue weighted by molar-refractivity contribution is -0.142. The Labute approximate surface area is 112 Å². The predicted octanol–water partition coefficient (Wildman–Crippen LogP) is 1.74. The number of nitrogens with one attached hydrogen (secondary N) is 1. The molecule has 104 valence electrons. The first-order chi connectivity index (χ1) is 8.93. The number of aryl methyl sites for hydroxylation is 1. The van der Waals surface area contributed by atoms with Crippen molar-refractivity contribution in [1.29, 1.82) is 0 Å². The summed E-state index contributed by atoms with van der Waals surface area (Å²) >= 11 is 0. The van der Waals surface area contributed by atoms with Gasteiger partial charge in [0.05, 0.1) is 0 Å². The van der Waals surface area contributed by atoms with Crippen molar-refractivity contribution >= 4 is 11.9 Å². The molecule has 0 radical (unpaired) electrons. The lowest BCUT2D eigenvalue weighted by Gasteiger charge is -2.19. The van der Waals surface area contributed by atoms with Crippen molar-refractivity contribution in [2.75, 3.05) is 0 Å². The first-order valence-electron chi connectivity index (χ1n) is 6.20. The molecule has 5 nitrogen and oxygen atoms in total. The van der Waals surface area contributed by atoms with Crippen molar-refractivity contribution in [3.05, 3.63) is 29.8 Å². The van der Waals surface area contributed by atoms with E-state index in [-0.39, 0.29) is 0 Å². The molecule has 0 aliphatic carbocycles. The van der Waals surface area contributed by atoms with Crippen LogP contribution in [0.4, 0.5) is 0 Å². The number of carbonyl (C=O) groups is 2. The van der Waals surface area contributed by atoms with Crippen molar-refractivity contribution in [3.8, 4) is 5.75 Å². The van der Waals surface area contributed by atoms with Crippen molar-refractivity contribution < 1.29 is 19.4 Å². The van der Waals surface area contributed by atoms with E-state index in [9.17, 15) is 9.59 Å². The second-order valence-corrected chi connectivity index (χ2v) is 4.40. The molecule has 1 aromatic rings. The highest BCUT2D eigenvalue weighted by Crippen LogP contribution is 2.15. The summed E-state index contributed by atoms with van der Waals surface area (Å²) in [6, 6.07) is 6.44. The zero-order chi connectivity index (χ0) is 14.4. The van der Waals surface area contributed by atoms with Gasteiger partial charge in [-0.2, -0.15) is 0 Å². The first kappa shape index (κ1) is 15.0. The van der Waals surface area contributed by atoms with Crippen LogP contribution in [0.3, 0.4) is 0 Å². The maximum Gasteiger partial charge on any atom is 0.325 e. The molecule has 0 bridgehead atoms. The van der Waals surface area contributed by atoms with Gasteiger partial charge in [-0.05, 0) is 38.0 Å². The molecule has 0 heterocycles. The van der Waals surface area contributed by atoms with E-state index in [1.807, 2.05) is 32.0 Å². The molecule has 1 rings (SSSR count). The third-order valence-electron chi connectivity index (χ3n) is 2.66. The Bertz CT molecular complexity index is 459. The SMILES string of the molecule is CCC(Oc1cccc(C)c1)C(=O)N[C@H](C)C(=O)O. The zero-order valence-corrected chi connectivity index (χ0v) is 11.3. The minimum Gasteiger partial charge on any atom is -0.481 e. The quantitative estimate of drug-likeness (QED) is 0.821. The summed E-state index contributed by atoms with van der Waals surface area (Å²) in [5.74, 6) is -0.886. The van der Waals surface area contributed by atoms with Crippen LogP contribution in [-0.4, -0.2) is 29.1 Å². The Kier molecular flexibility index (Phi) is 5.36. The number of hydrogen-bond acceptors (Lipinski definition) is 3. The molecule has 0 saturated carbocycles. The highest BCUT2D eigenvalue weighted by Gasteiger charge is 2.22. The molecule has 1 aromatic carbocycles. The highest BCUT2D eigenvalue weighted by molar-refractivity contribution is 5.86. The van der Waals surface area contributed by atoms with Gasteiger partial charge in [-0.1, -0.05) is 19.1 Å². The molecule has 0 aromatic heterocycles. The van der Waals surface area contributed by atoms with Gasteiger partial charge in [-0.3, -0.25) is 9.59 Å². The van der Waals surface area contributed by atoms with Crippen LogP contribution in [0.15, 0.2) is 24.3 Å². The summed E-state index contributed by atoms with van der Waals surface area (Å²) < 4.78 is 5.58. The normalized spacial score (nSPS) is 13.4. The third-order valence-corrected chi connectivity index (χ3v) is 2.66. The van der Waals surface area contributed by atoms with E-state index in [4.69, 9.17) is 9.84 Å². The van der Waals surface area contributed by atoms with E-state index in [0.29, 0.717) is 12.2 Å². The van der Waals surface area contributed by atoms with Crippen LogP contribution in [0, 0.1) is 6.92 Å². The number of aliphatic carboxylic acids is 1. The molecule has 0 fully saturated rings. The van der Waals surface area contributed by atoms with E-state index in [2.05, 4.69) is 5.32 Å². The van der Waals surface area contributed by atoms with E-state index >= 15 is 0 Å².